The zero-order valence-corrected chi connectivity index (χ0v) is 8.70. The van der Waals surface area contributed by atoms with E-state index in [9.17, 15) is 9.59 Å². The van der Waals surface area contributed by atoms with Gasteiger partial charge in [-0.25, -0.2) is 4.79 Å². The second-order valence-electron chi connectivity index (χ2n) is 3.67. The molecule has 1 aromatic rings. The van der Waals surface area contributed by atoms with Crippen LogP contribution in [0.25, 0.3) is 0 Å². The molecule has 1 aliphatic carbocycles. The zero-order valence-electron chi connectivity index (χ0n) is 7.94. The normalized spacial score (nSPS) is 16.1. The first kappa shape index (κ1) is 10.2. The molecular formula is C10H10ClNO3. The topological polar surface area (TPSA) is 59.3 Å². The average molecular weight is 228 g/mol. The summed E-state index contributed by atoms with van der Waals surface area (Å²) >= 11 is 5.77. The lowest BCUT2D eigenvalue weighted by molar-refractivity contribution is 0.0693. The molecule has 1 aromatic heterocycles. The Balaban J connectivity index is 2.54. The maximum Gasteiger partial charge on any atom is 0.341 e. The van der Waals surface area contributed by atoms with Gasteiger partial charge in [0.15, 0.2) is 0 Å². The number of nitrogens with zero attached hydrogens (tertiary/aromatic N) is 1. The highest BCUT2D eigenvalue weighted by atomic mass is 35.5. The molecule has 1 aliphatic rings. The minimum Gasteiger partial charge on any atom is -0.477 e. The summed E-state index contributed by atoms with van der Waals surface area (Å²) < 4.78 is 1.44. The average Bonchev–Trinajstić information content (AvgIpc) is 2.07. The highest BCUT2D eigenvalue weighted by Crippen LogP contribution is 2.30. The number of carboxylic acids is 1. The Bertz CT molecular complexity index is 462. The van der Waals surface area contributed by atoms with Gasteiger partial charge in [0, 0.05) is 12.2 Å². The first-order chi connectivity index (χ1) is 7.09. The van der Waals surface area contributed by atoms with E-state index in [0.29, 0.717) is 5.02 Å². The number of aromatic carboxylic acids is 1. The van der Waals surface area contributed by atoms with Gasteiger partial charge in [-0.1, -0.05) is 11.6 Å². The largest absolute Gasteiger partial charge is 0.477 e. The summed E-state index contributed by atoms with van der Waals surface area (Å²) in [6, 6.07) is 1.32. The third-order valence-corrected chi connectivity index (χ3v) is 2.91. The number of hydrogen-bond donors (Lipinski definition) is 1. The van der Waals surface area contributed by atoms with Gasteiger partial charge in [0.1, 0.15) is 5.56 Å². The van der Waals surface area contributed by atoms with Crippen LogP contribution >= 0.6 is 11.6 Å². The number of hydrogen-bond acceptors (Lipinski definition) is 2. The van der Waals surface area contributed by atoms with Gasteiger partial charge >= 0.3 is 5.97 Å². The molecule has 80 valence electrons. The maximum absolute atomic E-state index is 11.7. The van der Waals surface area contributed by atoms with Gasteiger partial charge in [-0.05, 0) is 25.3 Å². The third-order valence-electron chi connectivity index (χ3n) is 2.71. The molecule has 0 atom stereocenters. The van der Waals surface area contributed by atoms with E-state index in [0.717, 1.165) is 19.3 Å². The van der Waals surface area contributed by atoms with Crippen LogP contribution in [0.5, 0.6) is 0 Å². The predicted octanol–water partition coefficient (Wildman–Crippen LogP) is 1.92. The number of carbonyl (C=O) groups is 1. The van der Waals surface area contributed by atoms with E-state index < -0.39 is 11.5 Å². The highest BCUT2D eigenvalue weighted by Gasteiger charge is 2.23. The summed E-state index contributed by atoms with van der Waals surface area (Å²) in [5.74, 6) is -1.23. The second-order valence-corrected chi connectivity index (χ2v) is 4.11. The van der Waals surface area contributed by atoms with Gasteiger partial charge in [-0.2, -0.15) is 0 Å². The minimum atomic E-state index is -1.23. The molecule has 0 spiro atoms. The van der Waals surface area contributed by atoms with Gasteiger partial charge in [0.2, 0.25) is 0 Å². The van der Waals surface area contributed by atoms with Crippen molar-refractivity contribution in [1.29, 1.82) is 0 Å². The predicted molar refractivity (Wildman–Crippen MR) is 55.6 cm³/mol. The Labute approximate surface area is 91.1 Å². The molecular weight excluding hydrogens is 218 g/mol. The van der Waals surface area contributed by atoms with Crippen LogP contribution in [0.15, 0.2) is 17.1 Å². The number of halogens is 1. The van der Waals surface area contributed by atoms with Crippen LogP contribution in [0.2, 0.25) is 5.02 Å². The van der Waals surface area contributed by atoms with Gasteiger partial charge in [-0.3, -0.25) is 4.79 Å². The first-order valence-corrected chi connectivity index (χ1v) is 5.12. The van der Waals surface area contributed by atoms with E-state index in [1.54, 1.807) is 0 Å². The molecule has 1 fully saturated rings. The molecule has 15 heavy (non-hydrogen) atoms. The van der Waals surface area contributed by atoms with Crippen LogP contribution in [-0.4, -0.2) is 15.6 Å². The van der Waals surface area contributed by atoms with Crippen LogP contribution in [0.3, 0.4) is 0 Å². The summed E-state index contributed by atoms with van der Waals surface area (Å²) in [6.07, 6.45) is 4.42. The van der Waals surface area contributed by atoms with Crippen LogP contribution < -0.4 is 5.56 Å². The van der Waals surface area contributed by atoms with Crippen molar-refractivity contribution in [3.63, 3.8) is 0 Å². The molecule has 1 N–H and O–H groups in total. The minimum absolute atomic E-state index is 0.120. The van der Waals surface area contributed by atoms with E-state index in [-0.39, 0.29) is 11.6 Å². The van der Waals surface area contributed by atoms with Crippen molar-refractivity contribution in [1.82, 2.24) is 4.57 Å². The van der Waals surface area contributed by atoms with E-state index in [4.69, 9.17) is 16.7 Å². The summed E-state index contributed by atoms with van der Waals surface area (Å²) in [5, 5.41) is 9.11. The highest BCUT2D eigenvalue weighted by molar-refractivity contribution is 6.30. The smallest absolute Gasteiger partial charge is 0.341 e. The molecule has 0 bridgehead atoms. The lowest BCUT2D eigenvalue weighted by Crippen LogP contribution is -2.32. The quantitative estimate of drug-likeness (QED) is 0.840. The van der Waals surface area contributed by atoms with Crippen LogP contribution in [-0.2, 0) is 0 Å². The van der Waals surface area contributed by atoms with E-state index in [1.807, 2.05) is 0 Å². The standard InChI is InChI=1S/C10H10ClNO3/c11-6-4-8(10(14)15)9(13)12(5-6)7-2-1-3-7/h4-5,7H,1-3H2,(H,14,15). The molecule has 0 amide bonds. The molecule has 1 saturated carbocycles. The van der Waals surface area contributed by atoms with Crippen molar-refractivity contribution >= 4 is 17.6 Å². The van der Waals surface area contributed by atoms with Crippen LogP contribution in [0.1, 0.15) is 35.7 Å². The Morgan fingerprint density at radius 1 is 1.53 bits per heavy atom. The summed E-state index contributed by atoms with van der Waals surface area (Å²) in [6.45, 7) is 0. The third kappa shape index (κ3) is 1.77. The van der Waals surface area contributed by atoms with Gasteiger partial charge in [0.05, 0.1) is 5.02 Å². The van der Waals surface area contributed by atoms with E-state index in [2.05, 4.69) is 0 Å². The molecule has 0 unspecified atom stereocenters. The van der Waals surface area contributed by atoms with Crippen molar-refractivity contribution in [3.05, 3.63) is 33.2 Å². The first-order valence-electron chi connectivity index (χ1n) is 4.74. The lowest BCUT2D eigenvalue weighted by atomic mass is 9.92. The Hall–Kier alpha value is -1.29. The fraction of sp³-hybridized carbons (Fsp3) is 0.400. The number of rotatable bonds is 2. The molecule has 0 aromatic carbocycles. The molecule has 5 heteroatoms. The Kier molecular flexibility index (Phi) is 2.52. The van der Waals surface area contributed by atoms with Crippen LogP contribution in [0.4, 0.5) is 0 Å². The van der Waals surface area contributed by atoms with Gasteiger partial charge in [0.25, 0.3) is 5.56 Å². The van der Waals surface area contributed by atoms with Gasteiger partial charge < -0.3 is 9.67 Å². The van der Waals surface area contributed by atoms with E-state index >= 15 is 0 Å². The lowest BCUT2D eigenvalue weighted by Gasteiger charge is -2.27. The van der Waals surface area contributed by atoms with Gasteiger partial charge in [-0.15, -0.1) is 0 Å². The summed E-state index contributed by atoms with van der Waals surface area (Å²) in [7, 11) is 0. The fourth-order valence-electron chi connectivity index (χ4n) is 1.66. The second kappa shape index (κ2) is 3.70. The number of pyridine rings is 1. The molecule has 4 nitrogen and oxygen atoms in total. The molecule has 1 heterocycles. The van der Waals surface area contributed by atoms with Crippen LogP contribution in [0, 0.1) is 0 Å². The zero-order chi connectivity index (χ0) is 11.0. The maximum atomic E-state index is 11.7. The summed E-state index contributed by atoms with van der Waals surface area (Å²) in [5.41, 5.74) is -0.717. The number of aromatic nitrogens is 1. The molecule has 0 aliphatic heterocycles. The molecule has 0 saturated heterocycles. The molecule has 2 rings (SSSR count). The Morgan fingerprint density at radius 2 is 2.20 bits per heavy atom. The molecule has 0 radical (unpaired) electrons. The van der Waals surface area contributed by atoms with Crippen molar-refractivity contribution < 1.29 is 9.90 Å². The Morgan fingerprint density at radius 3 is 2.67 bits per heavy atom. The van der Waals surface area contributed by atoms with Crippen molar-refractivity contribution in [2.24, 2.45) is 0 Å². The summed E-state index contributed by atoms with van der Waals surface area (Å²) in [4.78, 5) is 22.5. The van der Waals surface area contributed by atoms with Crippen molar-refractivity contribution in [2.45, 2.75) is 25.3 Å². The fourth-order valence-corrected chi connectivity index (χ4v) is 1.87. The SMILES string of the molecule is O=C(O)c1cc(Cl)cn(C2CCC2)c1=O. The van der Waals surface area contributed by atoms with Crippen molar-refractivity contribution in [2.75, 3.05) is 0 Å². The van der Waals surface area contributed by atoms with E-state index in [1.165, 1.54) is 16.8 Å². The monoisotopic (exact) mass is 227 g/mol. The van der Waals surface area contributed by atoms with Crippen molar-refractivity contribution in [3.8, 4) is 0 Å². The number of carboxylic acid groups (broad SMARTS) is 1.